The molecule has 1 atom stereocenters. The number of aryl methyl sites for hydroxylation is 1. The van der Waals surface area contributed by atoms with Crippen LogP contribution >= 0.6 is 0 Å². The normalized spacial score (nSPS) is 21.8. The van der Waals surface area contributed by atoms with Gasteiger partial charge in [-0.25, -0.2) is 4.98 Å². The standard InChI is InChI=1S/C22H29N5O3S/c1-29-18-4-2-3-17(15-18)26-8-10-27(11-9-26)22-24-19-7-14-31(28)20(19)21(25-22)23-16-5-12-30-13-6-16/h2-4,15-16H,5-14H2,1H3,(H,23,24,25). The maximum Gasteiger partial charge on any atom is 0.227 e. The summed E-state index contributed by atoms with van der Waals surface area (Å²) in [5.41, 5.74) is 2.11. The number of hydrogen-bond donors (Lipinski definition) is 1. The monoisotopic (exact) mass is 443 g/mol. The number of aromatic nitrogens is 2. The lowest BCUT2D eigenvalue weighted by Crippen LogP contribution is -2.47. The molecule has 31 heavy (non-hydrogen) atoms. The maximum absolute atomic E-state index is 12.6. The van der Waals surface area contributed by atoms with Crippen LogP contribution in [0.2, 0.25) is 0 Å². The molecule has 0 spiro atoms. The third-order valence-corrected chi connectivity index (χ3v) is 7.68. The SMILES string of the molecule is COc1cccc(N2CCN(c3nc4c(c(NC5CCOCC5)n3)S(=O)CC4)CC2)c1. The van der Waals surface area contributed by atoms with Crippen LogP contribution in [0.25, 0.3) is 0 Å². The van der Waals surface area contributed by atoms with Gasteiger partial charge in [-0.3, -0.25) is 4.21 Å². The van der Waals surface area contributed by atoms with Crippen molar-refractivity contribution in [2.45, 2.75) is 30.2 Å². The van der Waals surface area contributed by atoms with E-state index in [0.717, 1.165) is 86.8 Å². The summed E-state index contributed by atoms with van der Waals surface area (Å²) in [6, 6.07) is 8.50. The molecule has 1 N–H and O–H groups in total. The van der Waals surface area contributed by atoms with Crippen LogP contribution in [0.4, 0.5) is 17.5 Å². The molecule has 3 aliphatic heterocycles. The number of piperazine rings is 1. The van der Waals surface area contributed by atoms with Crippen LogP contribution in [-0.4, -0.2) is 72.5 Å². The fourth-order valence-corrected chi connectivity index (χ4v) is 5.74. The summed E-state index contributed by atoms with van der Waals surface area (Å²) in [5, 5.41) is 3.56. The first-order chi connectivity index (χ1) is 15.2. The van der Waals surface area contributed by atoms with Crippen molar-refractivity contribution < 1.29 is 13.7 Å². The number of fused-ring (bicyclic) bond motifs is 1. The van der Waals surface area contributed by atoms with Gasteiger partial charge in [0, 0.05) is 69.4 Å². The van der Waals surface area contributed by atoms with Crippen molar-refractivity contribution in [1.29, 1.82) is 0 Å². The first kappa shape index (κ1) is 20.5. The third kappa shape index (κ3) is 4.34. The van der Waals surface area contributed by atoms with Gasteiger partial charge in [-0.2, -0.15) is 4.98 Å². The van der Waals surface area contributed by atoms with Gasteiger partial charge in [0.25, 0.3) is 0 Å². The first-order valence-electron chi connectivity index (χ1n) is 11.0. The molecule has 9 heteroatoms. The van der Waals surface area contributed by atoms with Gasteiger partial charge < -0.3 is 24.6 Å². The summed E-state index contributed by atoms with van der Waals surface area (Å²) in [7, 11) is 0.678. The van der Waals surface area contributed by atoms with Crippen molar-refractivity contribution in [3.8, 4) is 5.75 Å². The Bertz CT molecular complexity index is 958. The van der Waals surface area contributed by atoms with Crippen LogP contribution < -0.4 is 19.9 Å². The van der Waals surface area contributed by atoms with Crippen molar-refractivity contribution in [1.82, 2.24) is 9.97 Å². The van der Waals surface area contributed by atoms with Crippen molar-refractivity contribution in [3.05, 3.63) is 30.0 Å². The van der Waals surface area contributed by atoms with E-state index in [1.807, 2.05) is 12.1 Å². The fraction of sp³-hybridized carbons (Fsp3) is 0.545. The Morgan fingerprint density at radius 2 is 1.90 bits per heavy atom. The number of anilines is 3. The molecule has 0 saturated carbocycles. The summed E-state index contributed by atoms with van der Waals surface area (Å²) in [4.78, 5) is 15.1. The van der Waals surface area contributed by atoms with Crippen molar-refractivity contribution >= 4 is 28.3 Å². The van der Waals surface area contributed by atoms with Gasteiger partial charge in [0.1, 0.15) is 16.5 Å². The van der Waals surface area contributed by atoms with Crippen LogP contribution in [0.5, 0.6) is 5.75 Å². The van der Waals surface area contributed by atoms with Crippen LogP contribution in [-0.2, 0) is 22.0 Å². The van der Waals surface area contributed by atoms with Crippen molar-refractivity contribution in [3.63, 3.8) is 0 Å². The fourth-order valence-electron chi connectivity index (χ4n) is 4.43. The number of nitrogens with one attached hydrogen (secondary N) is 1. The van der Waals surface area contributed by atoms with Gasteiger partial charge in [-0.1, -0.05) is 6.07 Å². The highest BCUT2D eigenvalue weighted by Crippen LogP contribution is 2.31. The second-order valence-electron chi connectivity index (χ2n) is 8.15. The highest BCUT2D eigenvalue weighted by molar-refractivity contribution is 7.85. The Hall–Kier alpha value is -2.39. The Morgan fingerprint density at radius 3 is 2.68 bits per heavy atom. The molecule has 2 fully saturated rings. The number of nitrogens with zero attached hydrogens (tertiary/aromatic N) is 4. The van der Waals surface area contributed by atoms with Crippen LogP contribution in [0.3, 0.4) is 0 Å². The molecule has 2 saturated heterocycles. The highest BCUT2D eigenvalue weighted by Gasteiger charge is 2.29. The first-order valence-corrected chi connectivity index (χ1v) is 12.3. The molecular weight excluding hydrogens is 414 g/mol. The molecule has 4 heterocycles. The maximum atomic E-state index is 12.6. The Labute approximate surface area is 185 Å². The van der Waals surface area contributed by atoms with E-state index in [4.69, 9.17) is 19.4 Å². The molecule has 1 aromatic carbocycles. The third-order valence-electron chi connectivity index (χ3n) is 6.22. The summed E-state index contributed by atoms with van der Waals surface area (Å²) in [6.45, 7) is 4.98. The smallest absolute Gasteiger partial charge is 0.227 e. The number of rotatable bonds is 5. The van der Waals surface area contributed by atoms with E-state index >= 15 is 0 Å². The van der Waals surface area contributed by atoms with Gasteiger partial charge in [-0.15, -0.1) is 0 Å². The quantitative estimate of drug-likeness (QED) is 0.752. The van der Waals surface area contributed by atoms with Crippen LogP contribution in [0, 0.1) is 0 Å². The molecule has 8 nitrogen and oxygen atoms in total. The summed E-state index contributed by atoms with van der Waals surface area (Å²) in [5.74, 6) is 3.02. The molecular formula is C22H29N5O3S. The molecule has 5 rings (SSSR count). The molecule has 0 radical (unpaired) electrons. The van der Waals surface area contributed by atoms with Gasteiger partial charge in [0.2, 0.25) is 5.95 Å². The molecule has 0 aliphatic carbocycles. The van der Waals surface area contributed by atoms with E-state index in [9.17, 15) is 4.21 Å². The predicted octanol–water partition coefficient (Wildman–Crippen LogP) is 2.07. The summed E-state index contributed by atoms with van der Waals surface area (Å²) in [6.07, 6.45) is 2.64. The van der Waals surface area contributed by atoms with E-state index in [0.29, 0.717) is 11.8 Å². The second kappa shape index (κ2) is 9.00. The molecule has 0 amide bonds. The lowest BCUT2D eigenvalue weighted by atomic mass is 10.1. The summed E-state index contributed by atoms with van der Waals surface area (Å²) < 4.78 is 23.4. The zero-order valence-corrected chi connectivity index (χ0v) is 18.7. The topological polar surface area (TPSA) is 79.8 Å². The Balaban J connectivity index is 1.33. The van der Waals surface area contributed by atoms with Crippen LogP contribution in [0.15, 0.2) is 29.2 Å². The molecule has 1 unspecified atom stereocenters. The number of methoxy groups -OCH3 is 1. The average molecular weight is 444 g/mol. The minimum Gasteiger partial charge on any atom is -0.497 e. The minimum atomic E-state index is -1.02. The largest absolute Gasteiger partial charge is 0.497 e. The Kier molecular flexibility index (Phi) is 5.95. The van der Waals surface area contributed by atoms with Gasteiger partial charge in [0.15, 0.2) is 0 Å². The van der Waals surface area contributed by atoms with Gasteiger partial charge in [-0.05, 0) is 25.0 Å². The molecule has 1 aromatic heterocycles. The average Bonchev–Trinajstić information content (AvgIpc) is 3.21. The lowest BCUT2D eigenvalue weighted by molar-refractivity contribution is 0.0903. The number of ether oxygens (including phenoxy) is 2. The minimum absolute atomic E-state index is 0.308. The molecule has 166 valence electrons. The second-order valence-corrected chi connectivity index (χ2v) is 9.66. The van der Waals surface area contributed by atoms with E-state index in [1.54, 1.807) is 7.11 Å². The Morgan fingerprint density at radius 1 is 1.13 bits per heavy atom. The molecule has 0 bridgehead atoms. The predicted molar refractivity (Wildman–Crippen MR) is 122 cm³/mol. The number of benzene rings is 1. The van der Waals surface area contributed by atoms with Gasteiger partial charge in [0.05, 0.1) is 23.6 Å². The zero-order chi connectivity index (χ0) is 21.2. The van der Waals surface area contributed by atoms with Crippen molar-refractivity contribution in [2.24, 2.45) is 0 Å². The van der Waals surface area contributed by atoms with Gasteiger partial charge >= 0.3 is 0 Å². The number of hydrogen-bond acceptors (Lipinski definition) is 8. The van der Waals surface area contributed by atoms with E-state index < -0.39 is 10.8 Å². The molecule has 3 aliphatic rings. The van der Waals surface area contributed by atoms with E-state index in [-0.39, 0.29) is 0 Å². The van der Waals surface area contributed by atoms with E-state index in [2.05, 4.69) is 27.2 Å². The molecule has 2 aromatic rings. The van der Waals surface area contributed by atoms with E-state index in [1.165, 1.54) is 5.69 Å². The lowest BCUT2D eigenvalue weighted by Gasteiger charge is -2.36. The van der Waals surface area contributed by atoms with Crippen LogP contribution in [0.1, 0.15) is 18.5 Å². The van der Waals surface area contributed by atoms with Crippen molar-refractivity contribution in [2.75, 3.05) is 67.4 Å². The highest BCUT2D eigenvalue weighted by atomic mass is 32.2. The zero-order valence-electron chi connectivity index (χ0n) is 17.9. The summed E-state index contributed by atoms with van der Waals surface area (Å²) >= 11 is 0.